The van der Waals surface area contributed by atoms with Crippen LogP contribution in [0.15, 0.2) is 35.7 Å². The minimum Gasteiger partial charge on any atom is -0.543 e. The Labute approximate surface area is 240 Å². The number of carbonyl (C=O) groups excluding carboxylic acids is 2. The molecule has 0 unspecified atom stereocenters. The molecule has 3 heterocycles. The Kier molecular flexibility index (Phi) is 7.38. The molecule has 0 amide bonds. The minimum absolute atomic E-state index is 0.0259. The SMILES string of the molecule is CC(C)(C)OC(=O)On1c(-c2nn(C(=O)OC(C)(C)C)c3ccsc23)cc2cc(O[Si](C)(C)C(C)(C)C)ccc21. The first-order valence-electron chi connectivity index (χ1n) is 13.2. The van der Waals surface area contributed by atoms with Gasteiger partial charge in [-0.3, -0.25) is 0 Å². The molecule has 4 rings (SSSR count). The second-order valence-corrected chi connectivity index (χ2v) is 19.0. The summed E-state index contributed by atoms with van der Waals surface area (Å²) >= 11 is 1.43. The monoisotopic (exact) mass is 585 g/mol. The molecule has 40 heavy (non-hydrogen) atoms. The zero-order valence-electron chi connectivity index (χ0n) is 25.2. The highest BCUT2D eigenvalue weighted by molar-refractivity contribution is 7.17. The van der Waals surface area contributed by atoms with Crippen molar-refractivity contribution >= 4 is 53.0 Å². The number of ether oxygens (including phenoxy) is 2. The van der Waals surface area contributed by atoms with Crippen LogP contribution in [0.4, 0.5) is 9.59 Å². The van der Waals surface area contributed by atoms with Crippen LogP contribution in [0.5, 0.6) is 5.75 Å². The van der Waals surface area contributed by atoms with Gasteiger partial charge in [0.05, 0.1) is 15.7 Å². The number of hydrogen-bond donors (Lipinski definition) is 0. The van der Waals surface area contributed by atoms with Gasteiger partial charge >= 0.3 is 12.2 Å². The van der Waals surface area contributed by atoms with Crippen molar-refractivity contribution in [2.75, 3.05) is 0 Å². The van der Waals surface area contributed by atoms with E-state index in [0.29, 0.717) is 22.4 Å². The second kappa shape index (κ2) is 9.95. The van der Waals surface area contributed by atoms with Gasteiger partial charge in [0.15, 0.2) is 0 Å². The first-order chi connectivity index (χ1) is 18.3. The molecule has 0 saturated heterocycles. The van der Waals surface area contributed by atoms with Gasteiger partial charge in [0.2, 0.25) is 8.32 Å². The summed E-state index contributed by atoms with van der Waals surface area (Å²) in [5, 5.41) is 7.32. The van der Waals surface area contributed by atoms with E-state index in [9.17, 15) is 9.59 Å². The summed E-state index contributed by atoms with van der Waals surface area (Å²) in [6.07, 6.45) is -1.45. The van der Waals surface area contributed by atoms with Crippen molar-refractivity contribution in [3.63, 3.8) is 0 Å². The van der Waals surface area contributed by atoms with Crippen molar-refractivity contribution in [1.29, 1.82) is 0 Å². The lowest BCUT2D eigenvalue weighted by molar-refractivity contribution is -0.00808. The molecule has 0 fully saturated rings. The summed E-state index contributed by atoms with van der Waals surface area (Å²) in [5.74, 6) is 0.737. The van der Waals surface area contributed by atoms with Gasteiger partial charge in [-0.25, -0.2) is 9.59 Å². The summed E-state index contributed by atoms with van der Waals surface area (Å²) in [6, 6.07) is 9.35. The Morgan fingerprint density at radius 1 is 0.875 bits per heavy atom. The van der Waals surface area contributed by atoms with Crippen LogP contribution in [0.1, 0.15) is 62.3 Å². The van der Waals surface area contributed by atoms with E-state index in [0.717, 1.165) is 15.8 Å². The summed E-state index contributed by atoms with van der Waals surface area (Å²) in [6.45, 7) is 21.7. The average molecular weight is 586 g/mol. The number of carbonyl (C=O) groups is 2. The molecule has 0 radical (unpaired) electrons. The summed E-state index contributed by atoms with van der Waals surface area (Å²) < 4.78 is 21.0. The lowest BCUT2D eigenvalue weighted by Crippen LogP contribution is -2.43. The molecule has 1 aromatic carbocycles. The quantitative estimate of drug-likeness (QED) is 0.176. The second-order valence-electron chi connectivity index (χ2n) is 13.3. The Bertz CT molecular complexity index is 1580. The molecule has 216 valence electrons. The zero-order chi connectivity index (χ0) is 29.8. The summed E-state index contributed by atoms with van der Waals surface area (Å²) in [4.78, 5) is 31.6. The molecule has 0 aliphatic heterocycles. The topological polar surface area (TPSA) is 93.8 Å². The van der Waals surface area contributed by atoms with Crippen LogP contribution in [0.25, 0.3) is 32.5 Å². The molecule has 3 aromatic heterocycles. The van der Waals surface area contributed by atoms with Crippen LogP contribution >= 0.6 is 11.3 Å². The number of rotatable bonds is 4. The van der Waals surface area contributed by atoms with Crippen molar-refractivity contribution in [3.8, 4) is 17.1 Å². The van der Waals surface area contributed by atoms with E-state index in [4.69, 9.17) is 18.7 Å². The Morgan fingerprint density at radius 2 is 1.52 bits per heavy atom. The van der Waals surface area contributed by atoms with E-state index in [1.165, 1.54) is 20.7 Å². The van der Waals surface area contributed by atoms with Gasteiger partial charge in [-0.05, 0) is 95.4 Å². The van der Waals surface area contributed by atoms with Crippen LogP contribution in [-0.4, -0.2) is 46.3 Å². The minimum atomic E-state index is -2.09. The first-order valence-corrected chi connectivity index (χ1v) is 17.0. The summed E-state index contributed by atoms with van der Waals surface area (Å²) in [5.41, 5.74) is 0.748. The Balaban J connectivity index is 1.87. The predicted molar refractivity (Wildman–Crippen MR) is 161 cm³/mol. The number of fused-ring (bicyclic) bond motifs is 2. The lowest BCUT2D eigenvalue weighted by Gasteiger charge is -2.36. The van der Waals surface area contributed by atoms with Gasteiger partial charge < -0.3 is 18.7 Å². The van der Waals surface area contributed by atoms with E-state index in [-0.39, 0.29) is 5.04 Å². The fourth-order valence-corrected chi connectivity index (χ4v) is 5.63. The molecule has 0 aliphatic rings. The highest BCUT2D eigenvalue weighted by Gasteiger charge is 2.39. The molecule has 4 aromatic rings. The van der Waals surface area contributed by atoms with Crippen LogP contribution in [0.3, 0.4) is 0 Å². The van der Waals surface area contributed by atoms with Crippen LogP contribution in [-0.2, 0) is 9.47 Å². The van der Waals surface area contributed by atoms with E-state index in [1.54, 1.807) is 41.5 Å². The maximum Gasteiger partial charge on any atom is 0.534 e. The van der Waals surface area contributed by atoms with Crippen LogP contribution in [0, 0.1) is 0 Å². The Morgan fingerprint density at radius 3 is 2.12 bits per heavy atom. The van der Waals surface area contributed by atoms with Crippen LogP contribution < -0.4 is 9.26 Å². The average Bonchev–Trinajstić information content (AvgIpc) is 3.44. The number of hydrogen-bond acceptors (Lipinski definition) is 8. The molecular formula is C29H39N3O6SSi. The molecule has 0 atom stereocenters. The van der Waals surface area contributed by atoms with Crippen molar-refractivity contribution in [2.24, 2.45) is 0 Å². The van der Waals surface area contributed by atoms with Gasteiger partial charge in [-0.15, -0.1) is 11.3 Å². The molecule has 11 heteroatoms. The fourth-order valence-electron chi connectivity index (χ4n) is 3.74. The van der Waals surface area contributed by atoms with Gasteiger partial charge in [0, 0.05) is 5.39 Å². The number of benzene rings is 1. The van der Waals surface area contributed by atoms with Gasteiger partial charge in [0.1, 0.15) is 28.3 Å². The van der Waals surface area contributed by atoms with Gasteiger partial charge in [0.25, 0.3) is 0 Å². The predicted octanol–water partition coefficient (Wildman–Crippen LogP) is 8.25. The molecule has 0 saturated carbocycles. The van der Waals surface area contributed by atoms with Crippen molar-refractivity contribution in [2.45, 2.75) is 91.6 Å². The number of nitrogens with zero attached hydrogens (tertiary/aromatic N) is 3. The highest BCUT2D eigenvalue weighted by atomic mass is 32.1. The zero-order valence-corrected chi connectivity index (χ0v) is 27.0. The lowest BCUT2D eigenvalue weighted by atomic mass is 10.2. The first kappa shape index (κ1) is 29.7. The smallest absolute Gasteiger partial charge is 0.534 e. The molecule has 9 nitrogen and oxygen atoms in total. The van der Waals surface area contributed by atoms with Crippen molar-refractivity contribution in [3.05, 3.63) is 35.7 Å². The third-order valence-corrected chi connectivity index (χ3v) is 11.8. The molecular weight excluding hydrogens is 546 g/mol. The maximum atomic E-state index is 13.0. The van der Waals surface area contributed by atoms with E-state index >= 15 is 0 Å². The van der Waals surface area contributed by atoms with Crippen molar-refractivity contribution < 1.29 is 28.3 Å². The third kappa shape index (κ3) is 6.20. The molecule has 0 bridgehead atoms. The van der Waals surface area contributed by atoms with Crippen LogP contribution in [0.2, 0.25) is 18.1 Å². The van der Waals surface area contributed by atoms with E-state index < -0.39 is 31.8 Å². The summed E-state index contributed by atoms with van der Waals surface area (Å²) in [7, 11) is -2.09. The van der Waals surface area contributed by atoms with Gasteiger partial charge in [-0.1, -0.05) is 20.8 Å². The fraction of sp³-hybridized carbons (Fsp3) is 0.483. The largest absolute Gasteiger partial charge is 0.543 e. The van der Waals surface area contributed by atoms with E-state index in [2.05, 4.69) is 39.0 Å². The molecule has 0 spiro atoms. The molecule has 0 aliphatic carbocycles. The third-order valence-electron chi connectivity index (χ3n) is 6.56. The van der Waals surface area contributed by atoms with Crippen molar-refractivity contribution in [1.82, 2.24) is 14.5 Å². The number of aromatic nitrogens is 3. The number of thiophene rings is 1. The normalized spacial score (nSPS) is 13.1. The maximum absolute atomic E-state index is 13.0. The Hall–Kier alpha value is -3.31. The van der Waals surface area contributed by atoms with E-state index in [1.807, 2.05) is 35.7 Å². The van der Waals surface area contributed by atoms with Gasteiger partial charge in [-0.2, -0.15) is 14.5 Å². The molecule has 0 N–H and O–H groups in total. The standard InChI is InChI=1S/C29H39N3O6SSi/c1-27(2,3)35-25(33)31-21-14-15-39-24(21)23(30-31)22-17-18-16-19(38-40(10,11)29(7,8)9)12-13-20(18)32(22)37-26(34)36-28(4,5)6/h12-17H,1-11H3. The highest BCUT2D eigenvalue weighted by Crippen LogP contribution is 2.40.